The van der Waals surface area contributed by atoms with Gasteiger partial charge in [0, 0.05) is 20.2 Å². The summed E-state index contributed by atoms with van der Waals surface area (Å²) in [5.41, 5.74) is 1.69. The minimum Gasteiger partial charge on any atom is -0.494 e. The van der Waals surface area contributed by atoms with Crippen LogP contribution in [0.4, 0.5) is 14.5 Å². The fraction of sp³-hybridized carbons (Fsp3) is 0.500. The largest absolute Gasteiger partial charge is 0.494 e. The third-order valence-corrected chi connectivity index (χ3v) is 5.71. The summed E-state index contributed by atoms with van der Waals surface area (Å²) in [6, 6.07) is 7.85. The zero-order valence-electron chi connectivity index (χ0n) is 19.2. The van der Waals surface area contributed by atoms with Gasteiger partial charge in [-0.2, -0.15) is 4.39 Å². The summed E-state index contributed by atoms with van der Waals surface area (Å²) in [6.45, 7) is 4.80. The molecule has 9 heteroatoms. The highest BCUT2D eigenvalue weighted by atomic mass is 19.2. The average Bonchev–Trinajstić information content (AvgIpc) is 3.22. The lowest BCUT2D eigenvalue weighted by atomic mass is 10.1. The average molecular weight is 464 g/mol. The summed E-state index contributed by atoms with van der Waals surface area (Å²) in [4.78, 5) is 19.0. The first-order chi connectivity index (χ1) is 15.9. The first-order valence-electron chi connectivity index (χ1n) is 11.1. The third kappa shape index (κ3) is 6.69. The Morgan fingerprint density at radius 1 is 1.24 bits per heavy atom. The first kappa shape index (κ1) is 25.0. The second kappa shape index (κ2) is 12.0. The number of pyridine rings is 1. The fourth-order valence-electron chi connectivity index (χ4n) is 3.72. The third-order valence-electron chi connectivity index (χ3n) is 5.71. The van der Waals surface area contributed by atoms with Crippen molar-refractivity contribution >= 4 is 11.6 Å². The Morgan fingerprint density at radius 3 is 2.55 bits per heavy atom. The van der Waals surface area contributed by atoms with Crippen molar-refractivity contribution in [3.63, 3.8) is 0 Å². The summed E-state index contributed by atoms with van der Waals surface area (Å²) in [7, 11) is 3.00. The maximum absolute atomic E-state index is 12.5. The van der Waals surface area contributed by atoms with Gasteiger partial charge in [0.15, 0.2) is 11.6 Å². The topological polar surface area (TPSA) is 72.9 Å². The summed E-state index contributed by atoms with van der Waals surface area (Å²) >= 11 is 0. The van der Waals surface area contributed by atoms with E-state index in [0.29, 0.717) is 12.3 Å². The molecule has 0 spiro atoms. The smallest absolute Gasteiger partial charge is 0.253 e. The number of rotatable bonds is 7. The molecule has 0 aliphatic carbocycles. The van der Waals surface area contributed by atoms with E-state index in [0.717, 1.165) is 37.7 Å². The number of halogens is 2. The van der Waals surface area contributed by atoms with E-state index in [1.165, 1.54) is 25.7 Å². The van der Waals surface area contributed by atoms with Crippen LogP contribution in [0.3, 0.4) is 0 Å². The van der Waals surface area contributed by atoms with E-state index in [9.17, 15) is 13.6 Å². The standard InChI is InChI=1S/C17H25N3O3.C7H6F2O/c1-12-4-7-16(23-12)17(21)19-13-5-6-14(18-10-13)15(11-22-2)20-8-3-9-20;1-10-6-4-2-3-5(8)7(6)9/h5-6,10,12,15-16H,3-4,7-9,11H2,1-2H3,(H,19,21);2-4H,1H3. The molecule has 4 rings (SSSR count). The van der Waals surface area contributed by atoms with Crippen molar-refractivity contribution in [2.24, 2.45) is 0 Å². The van der Waals surface area contributed by atoms with Crippen LogP contribution in [-0.4, -0.2) is 61.9 Å². The molecular formula is C24H31F2N3O4. The number of amides is 1. The van der Waals surface area contributed by atoms with Gasteiger partial charge in [-0.05, 0) is 50.5 Å². The summed E-state index contributed by atoms with van der Waals surface area (Å²) < 4.78 is 40.2. The lowest BCUT2D eigenvalue weighted by molar-refractivity contribution is -0.126. The van der Waals surface area contributed by atoms with E-state index >= 15 is 0 Å². The van der Waals surface area contributed by atoms with E-state index in [4.69, 9.17) is 9.47 Å². The molecule has 33 heavy (non-hydrogen) atoms. The quantitative estimate of drug-likeness (QED) is 0.670. The van der Waals surface area contributed by atoms with E-state index in [-0.39, 0.29) is 29.9 Å². The van der Waals surface area contributed by atoms with Gasteiger partial charge in [0.05, 0.1) is 43.4 Å². The van der Waals surface area contributed by atoms with Gasteiger partial charge in [-0.3, -0.25) is 14.7 Å². The van der Waals surface area contributed by atoms with E-state index in [2.05, 4.69) is 19.9 Å². The molecule has 3 unspecified atom stereocenters. The summed E-state index contributed by atoms with van der Waals surface area (Å²) in [5.74, 6) is -1.98. The van der Waals surface area contributed by atoms with Gasteiger partial charge in [-0.25, -0.2) is 4.39 Å². The van der Waals surface area contributed by atoms with Crippen molar-refractivity contribution < 1.29 is 27.8 Å². The number of hydrogen-bond donors (Lipinski definition) is 1. The molecule has 3 heterocycles. The van der Waals surface area contributed by atoms with Crippen LogP contribution in [0.5, 0.6) is 5.75 Å². The molecule has 0 bridgehead atoms. The first-order valence-corrected chi connectivity index (χ1v) is 11.1. The molecule has 1 aromatic carbocycles. The minimum atomic E-state index is -0.940. The highest BCUT2D eigenvalue weighted by molar-refractivity contribution is 5.94. The summed E-state index contributed by atoms with van der Waals surface area (Å²) in [6.07, 6.45) is 4.49. The Labute approximate surface area is 193 Å². The van der Waals surface area contributed by atoms with E-state index < -0.39 is 11.6 Å². The molecular weight excluding hydrogens is 432 g/mol. The second-order valence-electron chi connectivity index (χ2n) is 8.09. The molecule has 1 amide bonds. The van der Waals surface area contributed by atoms with Gasteiger partial charge in [0.25, 0.3) is 5.91 Å². The molecule has 2 aliphatic rings. The van der Waals surface area contributed by atoms with Crippen molar-refractivity contribution in [3.8, 4) is 5.75 Å². The number of benzene rings is 1. The van der Waals surface area contributed by atoms with Gasteiger partial charge in [0.1, 0.15) is 6.10 Å². The predicted octanol–water partition coefficient (Wildman–Crippen LogP) is 3.95. The van der Waals surface area contributed by atoms with Crippen molar-refractivity contribution in [2.75, 3.05) is 39.2 Å². The zero-order chi connectivity index (χ0) is 23.8. The van der Waals surface area contributed by atoms with Gasteiger partial charge in [0.2, 0.25) is 5.82 Å². The van der Waals surface area contributed by atoms with Gasteiger partial charge in [-0.15, -0.1) is 0 Å². The zero-order valence-corrected chi connectivity index (χ0v) is 19.2. The number of anilines is 1. The molecule has 180 valence electrons. The van der Waals surface area contributed by atoms with Gasteiger partial charge < -0.3 is 19.5 Å². The molecule has 3 atom stereocenters. The lowest BCUT2D eigenvalue weighted by Gasteiger charge is -2.37. The van der Waals surface area contributed by atoms with E-state index in [1.54, 1.807) is 13.3 Å². The monoisotopic (exact) mass is 463 g/mol. The number of ether oxygens (including phenoxy) is 3. The van der Waals surface area contributed by atoms with Crippen LogP contribution in [0.1, 0.15) is 37.9 Å². The lowest BCUT2D eigenvalue weighted by Crippen LogP contribution is -2.42. The van der Waals surface area contributed by atoms with Crippen molar-refractivity contribution in [3.05, 3.63) is 53.9 Å². The van der Waals surface area contributed by atoms with Crippen molar-refractivity contribution in [1.82, 2.24) is 9.88 Å². The van der Waals surface area contributed by atoms with Crippen molar-refractivity contribution in [2.45, 2.75) is 44.4 Å². The number of likely N-dealkylation sites (tertiary alicyclic amines) is 1. The molecule has 7 nitrogen and oxygen atoms in total. The van der Waals surface area contributed by atoms with Gasteiger partial charge >= 0.3 is 0 Å². The van der Waals surface area contributed by atoms with Gasteiger partial charge in [-0.1, -0.05) is 6.07 Å². The highest BCUT2D eigenvalue weighted by Crippen LogP contribution is 2.26. The van der Waals surface area contributed by atoms with Crippen LogP contribution in [0, 0.1) is 11.6 Å². The molecule has 0 saturated carbocycles. The SMILES string of the molecule is COCC(c1ccc(NC(=O)C2CCC(C)O2)cn1)N1CCC1.COc1cccc(F)c1F. The highest BCUT2D eigenvalue weighted by Gasteiger charge is 2.29. The number of carbonyl (C=O) groups is 1. The molecule has 1 aromatic heterocycles. The van der Waals surface area contributed by atoms with Crippen LogP contribution in [-0.2, 0) is 14.3 Å². The number of nitrogens with one attached hydrogen (secondary N) is 1. The van der Waals surface area contributed by atoms with Crippen LogP contribution in [0.25, 0.3) is 0 Å². The Bertz CT molecular complexity index is 909. The van der Waals surface area contributed by atoms with Crippen LogP contribution in [0.2, 0.25) is 0 Å². The second-order valence-corrected chi connectivity index (χ2v) is 8.09. The Morgan fingerprint density at radius 2 is 2.03 bits per heavy atom. The molecule has 1 N–H and O–H groups in total. The molecule has 2 aromatic rings. The minimum absolute atomic E-state index is 0.0694. The Hall–Kier alpha value is -2.62. The fourth-order valence-corrected chi connectivity index (χ4v) is 3.72. The number of aromatic nitrogens is 1. The van der Waals surface area contributed by atoms with Crippen LogP contribution < -0.4 is 10.1 Å². The van der Waals surface area contributed by atoms with E-state index in [1.807, 2.05) is 19.1 Å². The number of carbonyl (C=O) groups excluding carboxylic acids is 1. The van der Waals surface area contributed by atoms with Crippen LogP contribution in [0.15, 0.2) is 36.5 Å². The normalized spacial score (nSPS) is 20.9. The molecule has 2 aliphatic heterocycles. The molecule has 2 saturated heterocycles. The Balaban J connectivity index is 0.000000257. The molecule has 0 radical (unpaired) electrons. The maximum atomic E-state index is 12.5. The Kier molecular flexibility index (Phi) is 9.11. The van der Waals surface area contributed by atoms with Crippen LogP contribution >= 0.6 is 0 Å². The summed E-state index contributed by atoms with van der Waals surface area (Å²) in [5, 5.41) is 2.89. The number of methoxy groups -OCH3 is 2. The predicted molar refractivity (Wildman–Crippen MR) is 120 cm³/mol. The van der Waals surface area contributed by atoms with Crippen molar-refractivity contribution in [1.29, 1.82) is 0 Å². The molecule has 2 fully saturated rings. The number of nitrogens with zero attached hydrogens (tertiary/aromatic N) is 2. The maximum Gasteiger partial charge on any atom is 0.253 e. The number of hydrogen-bond acceptors (Lipinski definition) is 6.